The van der Waals surface area contributed by atoms with E-state index in [2.05, 4.69) is 37.3 Å². The Kier molecular flexibility index (Phi) is 11.1. The van der Waals surface area contributed by atoms with Crippen molar-refractivity contribution in [2.45, 2.75) is 39.0 Å². The zero-order valence-corrected chi connectivity index (χ0v) is 9.15. The molecule has 0 aromatic carbocycles. The van der Waals surface area contributed by atoms with Crippen LogP contribution < -0.4 is 0 Å². The molecule has 0 aromatic rings. The van der Waals surface area contributed by atoms with E-state index in [9.17, 15) is 0 Å². The molecule has 0 spiro atoms. The smallest absolute Gasteiger partial charge is 0.0347 e. The van der Waals surface area contributed by atoms with Gasteiger partial charge in [0.1, 0.15) is 0 Å². The second-order valence-corrected chi connectivity index (χ2v) is 3.17. The third-order valence-corrected chi connectivity index (χ3v) is 1.86. The van der Waals surface area contributed by atoms with Crippen LogP contribution in [0.25, 0.3) is 0 Å². The number of hydrogen-bond donors (Lipinski definition) is 0. The van der Waals surface area contributed by atoms with E-state index in [1.165, 1.54) is 19.3 Å². The Morgan fingerprint density at radius 1 is 0.857 bits per heavy atom. The normalized spacial score (nSPS) is 12.1. The van der Waals surface area contributed by atoms with Crippen molar-refractivity contribution >= 4 is 0 Å². The van der Waals surface area contributed by atoms with Crippen molar-refractivity contribution in [3.63, 3.8) is 0 Å². The van der Waals surface area contributed by atoms with Gasteiger partial charge in [0.05, 0.1) is 0 Å². The first kappa shape index (κ1) is 13.0. The van der Waals surface area contributed by atoms with Crippen molar-refractivity contribution in [2.24, 2.45) is 0 Å². The molecular formula is C14H21. The molecule has 77 valence electrons. The first-order valence-electron chi connectivity index (χ1n) is 5.43. The lowest BCUT2D eigenvalue weighted by Crippen LogP contribution is -1.71. The van der Waals surface area contributed by atoms with Gasteiger partial charge in [-0.15, -0.1) is 0 Å². The van der Waals surface area contributed by atoms with Crippen LogP contribution in [0.4, 0.5) is 0 Å². The van der Waals surface area contributed by atoms with Gasteiger partial charge in [0.25, 0.3) is 0 Å². The molecule has 0 saturated heterocycles. The summed E-state index contributed by atoms with van der Waals surface area (Å²) in [5.41, 5.74) is 0. The van der Waals surface area contributed by atoms with Crippen molar-refractivity contribution in [1.29, 1.82) is 0 Å². The highest BCUT2D eigenvalue weighted by atomic mass is 13.9. The molecule has 0 rings (SSSR count). The van der Waals surface area contributed by atoms with Gasteiger partial charge in [-0.2, -0.15) is 0 Å². The van der Waals surface area contributed by atoms with Gasteiger partial charge in [-0.25, -0.2) is 0 Å². The molecule has 0 aliphatic carbocycles. The van der Waals surface area contributed by atoms with Crippen LogP contribution in [0.2, 0.25) is 0 Å². The molecule has 0 N–H and O–H groups in total. The van der Waals surface area contributed by atoms with Crippen LogP contribution in [-0.4, -0.2) is 0 Å². The van der Waals surface area contributed by atoms with E-state index in [1.807, 2.05) is 6.08 Å². The minimum absolute atomic E-state index is 1.12. The molecule has 0 nitrogen and oxygen atoms in total. The topological polar surface area (TPSA) is 0 Å². The molecular weight excluding hydrogens is 168 g/mol. The summed E-state index contributed by atoms with van der Waals surface area (Å²) in [6, 6.07) is 0. The lowest BCUT2D eigenvalue weighted by molar-refractivity contribution is 0.762. The molecule has 0 amide bonds. The summed E-state index contributed by atoms with van der Waals surface area (Å²) >= 11 is 0. The summed E-state index contributed by atoms with van der Waals surface area (Å²) in [5, 5.41) is 0. The van der Waals surface area contributed by atoms with Gasteiger partial charge >= 0.3 is 0 Å². The fourth-order valence-corrected chi connectivity index (χ4v) is 1.09. The van der Waals surface area contributed by atoms with E-state index in [-0.39, 0.29) is 0 Å². The largest absolute Gasteiger partial charge is 0.0848 e. The molecule has 0 aliphatic rings. The fourth-order valence-electron chi connectivity index (χ4n) is 1.09. The zero-order valence-electron chi connectivity index (χ0n) is 9.15. The maximum absolute atomic E-state index is 5.21. The number of allylic oxidation sites excluding steroid dienone is 7. The van der Waals surface area contributed by atoms with Crippen molar-refractivity contribution in [2.75, 3.05) is 0 Å². The average molecular weight is 189 g/mol. The molecule has 0 fully saturated rings. The summed E-state index contributed by atoms with van der Waals surface area (Å²) in [4.78, 5) is 0. The highest BCUT2D eigenvalue weighted by Crippen LogP contribution is 2.01. The summed E-state index contributed by atoms with van der Waals surface area (Å²) in [6.45, 7) is 7.35. The fraction of sp³-hybridized carbons (Fsp3) is 0.429. The third kappa shape index (κ3) is 11.0. The second kappa shape index (κ2) is 12.0. The molecule has 0 heteroatoms. The zero-order chi connectivity index (χ0) is 10.5. The molecule has 0 aliphatic heterocycles. The quantitative estimate of drug-likeness (QED) is 0.386. The summed E-state index contributed by atoms with van der Waals surface area (Å²) in [6.07, 6.45) is 20.1. The average Bonchev–Trinajstić information content (AvgIpc) is 2.21. The van der Waals surface area contributed by atoms with Crippen molar-refractivity contribution in [3.05, 3.63) is 49.1 Å². The Morgan fingerprint density at radius 3 is 2.00 bits per heavy atom. The first-order valence-corrected chi connectivity index (χ1v) is 5.43. The van der Waals surface area contributed by atoms with Gasteiger partial charge in [-0.1, -0.05) is 56.0 Å². The molecule has 0 heterocycles. The lowest BCUT2D eigenvalue weighted by atomic mass is 10.2. The van der Waals surface area contributed by atoms with E-state index in [0.717, 1.165) is 12.8 Å². The highest BCUT2D eigenvalue weighted by Gasteiger charge is 1.81. The van der Waals surface area contributed by atoms with E-state index >= 15 is 0 Å². The van der Waals surface area contributed by atoms with Crippen LogP contribution >= 0.6 is 0 Å². The standard InChI is InChI=1S/C14H21/c1-3-5-7-9-11-13-14-12-10-8-6-4-2/h1,3,5-8,10,12H,4,9,11,13-14H2,2H3. The third-order valence-electron chi connectivity index (χ3n) is 1.86. The Bertz CT molecular complexity index is 194. The Hall–Kier alpha value is -1.04. The predicted molar refractivity (Wildman–Crippen MR) is 65.0 cm³/mol. The second-order valence-electron chi connectivity index (χ2n) is 3.17. The van der Waals surface area contributed by atoms with Crippen LogP contribution in [0.1, 0.15) is 39.0 Å². The molecule has 0 aromatic heterocycles. The van der Waals surface area contributed by atoms with Crippen molar-refractivity contribution in [3.8, 4) is 0 Å². The SMILES string of the molecule is [CH]=CC=CCCCCC=CC=CCC. The van der Waals surface area contributed by atoms with Gasteiger partial charge < -0.3 is 0 Å². The van der Waals surface area contributed by atoms with Crippen LogP contribution in [0, 0.1) is 6.58 Å². The Balaban J connectivity index is 3.20. The minimum Gasteiger partial charge on any atom is -0.0848 e. The Morgan fingerprint density at radius 2 is 1.43 bits per heavy atom. The Labute approximate surface area is 88.7 Å². The molecule has 0 bridgehead atoms. The van der Waals surface area contributed by atoms with Crippen molar-refractivity contribution in [1.82, 2.24) is 0 Å². The maximum Gasteiger partial charge on any atom is -0.0347 e. The van der Waals surface area contributed by atoms with Gasteiger partial charge in [-0.3, -0.25) is 0 Å². The number of hydrogen-bond acceptors (Lipinski definition) is 0. The van der Waals surface area contributed by atoms with Crippen LogP contribution in [0.3, 0.4) is 0 Å². The van der Waals surface area contributed by atoms with Crippen LogP contribution in [0.5, 0.6) is 0 Å². The summed E-state index contributed by atoms with van der Waals surface area (Å²) < 4.78 is 0. The molecule has 0 unspecified atom stereocenters. The lowest BCUT2D eigenvalue weighted by Gasteiger charge is -1.91. The molecule has 0 atom stereocenters. The first-order chi connectivity index (χ1) is 6.91. The molecule has 1 radical (unpaired) electrons. The monoisotopic (exact) mass is 189 g/mol. The van der Waals surface area contributed by atoms with E-state index < -0.39 is 0 Å². The molecule has 14 heavy (non-hydrogen) atoms. The van der Waals surface area contributed by atoms with Crippen LogP contribution in [0.15, 0.2) is 42.5 Å². The van der Waals surface area contributed by atoms with E-state index in [1.54, 1.807) is 6.08 Å². The number of unbranched alkanes of at least 4 members (excludes halogenated alkanes) is 3. The van der Waals surface area contributed by atoms with E-state index in [4.69, 9.17) is 6.58 Å². The van der Waals surface area contributed by atoms with Gasteiger partial charge in [0.2, 0.25) is 0 Å². The summed E-state index contributed by atoms with van der Waals surface area (Å²) in [5.74, 6) is 0. The summed E-state index contributed by atoms with van der Waals surface area (Å²) in [7, 11) is 0. The minimum atomic E-state index is 1.12. The van der Waals surface area contributed by atoms with Gasteiger partial charge in [-0.05, 0) is 32.1 Å². The maximum atomic E-state index is 5.21. The molecule has 0 saturated carbocycles. The van der Waals surface area contributed by atoms with Crippen LogP contribution in [-0.2, 0) is 0 Å². The predicted octanol–water partition coefficient (Wildman–Crippen LogP) is 4.61. The highest BCUT2D eigenvalue weighted by molar-refractivity contribution is 5.01. The van der Waals surface area contributed by atoms with E-state index in [0.29, 0.717) is 0 Å². The van der Waals surface area contributed by atoms with Gasteiger partial charge in [0.15, 0.2) is 0 Å². The number of rotatable bonds is 8. The van der Waals surface area contributed by atoms with Gasteiger partial charge in [0, 0.05) is 0 Å². The van der Waals surface area contributed by atoms with Crippen molar-refractivity contribution < 1.29 is 0 Å².